The van der Waals surface area contributed by atoms with E-state index >= 15 is 0 Å². The first kappa shape index (κ1) is 23.3. The van der Waals surface area contributed by atoms with E-state index in [1.165, 1.54) is 19.2 Å². The number of rotatable bonds is 8. The zero-order valence-electron chi connectivity index (χ0n) is 19.1. The van der Waals surface area contributed by atoms with Crippen LogP contribution in [0.15, 0.2) is 53.6 Å². The molecule has 0 bridgehead atoms. The lowest BCUT2D eigenvalue weighted by Crippen LogP contribution is -2.41. The molecule has 0 spiro atoms. The molecule has 176 valence electrons. The first-order valence-corrected chi connectivity index (χ1v) is 12.9. The van der Waals surface area contributed by atoms with Gasteiger partial charge in [0.25, 0.3) is 5.91 Å². The molecule has 2 aromatic carbocycles. The minimum atomic E-state index is -3.83. The molecular formula is C25H31N3O4S. The minimum absolute atomic E-state index is 0.00736. The molecule has 1 aromatic heterocycles. The van der Waals surface area contributed by atoms with Crippen molar-refractivity contribution >= 4 is 26.8 Å². The number of benzene rings is 2. The van der Waals surface area contributed by atoms with Gasteiger partial charge in [0, 0.05) is 35.2 Å². The average Bonchev–Trinajstić information content (AvgIpc) is 3.23. The van der Waals surface area contributed by atoms with E-state index in [4.69, 9.17) is 4.74 Å². The second kappa shape index (κ2) is 9.97. The van der Waals surface area contributed by atoms with Gasteiger partial charge in [-0.2, -0.15) is 0 Å². The van der Waals surface area contributed by atoms with Crippen molar-refractivity contribution in [1.29, 1.82) is 0 Å². The molecule has 2 atom stereocenters. The van der Waals surface area contributed by atoms with Crippen LogP contribution in [0.1, 0.15) is 48.5 Å². The molecular weight excluding hydrogens is 438 g/mol. The number of aromatic nitrogens is 1. The van der Waals surface area contributed by atoms with Crippen LogP contribution in [-0.2, 0) is 16.4 Å². The van der Waals surface area contributed by atoms with E-state index in [-0.39, 0.29) is 34.1 Å². The van der Waals surface area contributed by atoms with Gasteiger partial charge in [0.15, 0.2) is 0 Å². The maximum atomic E-state index is 13.2. The van der Waals surface area contributed by atoms with E-state index in [2.05, 4.69) is 21.9 Å². The summed E-state index contributed by atoms with van der Waals surface area (Å²) in [5, 5.41) is 4.03. The fraction of sp³-hybridized carbons (Fsp3) is 0.400. The van der Waals surface area contributed by atoms with E-state index in [1.807, 2.05) is 30.5 Å². The summed E-state index contributed by atoms with van der Waals surface area (Å²) in [6, 6.07) is 12.4. The number of para-hydroxylation sites is 1. The predicted molar refractivity (Wildman–Crippen MR) is 129 cm³/mol. The summed E-state index contributed by atoms with van der Waals surface area (Å²) >= 11 is 0. The van der Waals surface area contributed by atoms with Crippen molar-refractivity contribution in [3.63, 3.8) is 0 Å². The van der Waals surface area contributed by atoms with Crippen molar-refractivity contribution < 1.29 is 17.9 Å². The normalized spacial score (nSPS) is 18.8. The van der Waals surface area contributed by atoms with E-state index in [1.54, 1.807) is 6.07 Å². The van der Waals surface area contributed by atoms with Crippen molar-refractivity contribution in [1.82, 2.24) is 15.0 Å². The van der Waals surface area contributed by atoms with Crippen LogP contribution in [0.4, 0.5) is 0 Å². The van der Waals surface area contributed by atoms with Gasteiger partial charge in [0.2, 0.25) is 10.0 Å². The number of H-pyrrole nitrogens is 1. The highest BCUT2D eigenvalue weighted by Crippen LogP contribution is 2.29. The molecule has 33 heavy (non-hydrogen) atoms. The Labute approximate surface area is 195 Å². The Morgan fingerprint density at radius 2 is 1.94 bits per heavy atom. The Hall–Kier alpha value is -2.84. The maximum absolute atomic E-state index is 13.2. The number of carbonyl (C=O) groups excluding carboxylic acids is 1. The molecule has 1 saturated carbocycles. The van der Waals surface area contributed by atoms with Crippen molar-refractivity contribution in [2.24, 2.45) is 5.92 Å². The number of nitrogens with one attached hydrogen (secondary N) is 3. The molecule has 8 heteroatoms. The Kier molecular flexibility index (Phi) is 7.05. The number of ether oxygens (including phenoxy) is 1. The molecule has 0 radical (unpaired) electrons. The van der Waals surface area contributed by atoms with E-state index in [9.17, 15) is 13.2 Å². The number of amides is 1. The zero-order chi connectivity index (χ0) is 23.4. The average molecular weight is 470 g/mol. The van der Waals surface area contributed by atoms with Crippen LogP contribution in [0.5, 0.6) is 5.75 Å². The molecule has 1 heterocycles. The standard InChI is InChI=1S/C25H31N3O4S/c1-17-7-3-5-9-21(17)28-33(30,31)24-15-18(11-12-23(24)32-2)25(29)26-14-13-19-16-27-22-10-6-4-8-20(19)22/h4,6,8,10-12,15-17,21,27-28H,3,5,7,9,13-14H2,1-2H3,(H,26,29). The summed E-state index contributed by atoms with van der Waals surface area (Å²) in [6.45, 7) is 2.51. The highest BCUT2D eigenvalue weighted by Gasteiger charge is 2.29. The van der Waals surface area contributed by atoms with Crippen LogP contribution < -0.4 is 14.8 Å². The van der Waals surface area contributed by atoms with Gasteiger partial charge in [-0.1, -0.05) is 38.0 Å². The van der Waals surface area contributed by atoms with E-state index < -0.39 is 10.0 Å². The monoisotopic (exact) mass is 469 g/mol. The molecule has 2 unspecified atom stereocenters. The number of aromatic amines is 1. The number of sulfonamides is 1. The first-order valence-electron chi connectivity index (χ1n) is 11.4. The summed E-state index contributed by atoms with van der Waals surface area (Å²) in [5.74, 6) is 0.178. The topological polar surface area (TPSA) is 100 Å². The van der Waals surface area contributed by atoms with Crippen LogP contribution >= 0.6 is 0 Å². The summed E-state index contributed by atoms with van der Waals surface area (Å²) in [5.41, 5.74) is 2.46. The molecule has 0 aliphatic heterocycles. The first-order chi connectivity index (χ1) is 15.9. The fourth-order valence-corrected chi connectivity index (χ4v) is 6.11. The Balaban J connectivity index is 1.46. The van der Waals surface area contributed by atoms with Crippen molar-refractivity contribution in [2.75, 3.05) is 13.7 Å². The molecule has 7 nitrogen and oxygen atoms in total. The Morgan fingerprint density at radius 3 is 2.73 bits per heavy atom. The second-order valence-corrected chi connectivity index (χ2v) is 10.4. The number of carbonyl (C=O) groups is 1. The highest BCUT2D eigenvalue weighted by molar-refractivity contribution is 7.89. The van der Waals surface area contributed by atoms with Gasteiger partial charge in [0.1, 0.15) is 10.6 Å². The molecule has 3 N–H and O–H groups in total. The summed E-state index contributed by atoms with van der Waals surface area (Å²) in [4.78, 5) is 16.0. The van der Waals surface area contributed by atoms with Crippen LogP contribution in [0.3, 0.4) is 0 Å². The zero-order valence-corrected chi connectivity index (χ0v) is 19.9. The third kappa shape index (κ3) is 5.23. The number of hydrogen-bond acceptors (Lipinski definition) is 4. The van der Waals surface area contributed by atoms with Crippen LogP contribution in [0, 0.1) is 5.92 Å². The lowest BCUT2D eigenvalue weighted by molar-refractivity contribution is 0.0954. The number of methoxy groups -OCH3 is 1. The van der Waals surface area contributed by atoms with Crippen LogP contribution in [0.25, 0.3) is 10.9 Å². The second-order valence-electron chi connectivity index (χ2n) is 8.72. The third-order valence-electron chi connectivity index (χ3n) is 6.49. The summed E-state index contributed by atoms with van der Waals surface area (Å²) < 4.78 is 34.5. The Morgan fingerprint density at radius 1 is 1.15 bits per heavy atom. The van der Waals surface area contributed by atoms with Gasteiger partial charge in [-0.15, -0.1) is 0 Å². The van der Waals surface area contributed by atoms with Gasteiger partial charge in [-0.25, -0.2) is 13.1 Å². The molecule has 1 aliphatic rings. The third-order valence-corrected chi connectivity index (χ3v) is 8.00. The molecule has 3 aromatic rings. The van der Waals surface area contributed by atoms with Crippen LogP contribution in [-0.4, -0.2) is 39.0 Å². The predicted octanol–water partition coefficient (Wildman–Crippen LogP) is 4.01. The fourth-order valence-electron chi connectivity index (χ4n) is 4.53. The molecule has 1 amide bonds. The lowest BCUT2D eigenvalue weighted by Gasteiger charge is -2.29. The van der Waals surface area contributed by atoms with Gasteiger partial charge in [-0.05, 0) is 55.0 Å². The molecule has 1 fully saturated rings. The smallest absolute Gasteiger partial charge is 0.251 e. The minimum Gasteiger partial charge on any atom is -0.495 e. The molecule has 4 rings (SSSR count). The number of fused-ring (bicyclic) bond motifs is 1. The van der Waals surface area contributed by atoms with E-state index in [0.29, 0.717) is 13.0 Å². The summed E-state index contributed by atoms with van der Waals surface area (Å²) in [7, 11) is -2.40. The summed E-state index contributed by atoms with van der Waals surface area (Å²) in [6.07, 6.45) is 6.56. The van der Waals surface area contributed by atoms with Crippen molar-refractivity contribution in [2.45, 2.75) is 50.0 Å². The lowest BCUT2D eigenvalue weighted by atomic mass is 9.87. The van der Waals surface area contributed by atoms with Crippen molar-refractivity contribution in [3.8, 4) is 5.75 Å². The largest absolute Gasteiger partial charge is 0.495 e. The molecule has 1 aliphatic carbocycles. The van der Waals surface area contributed by atoms with Gasteiger partial charge in [-0.3, -0.25) is 4.79 Å². The highest BCUT2D eigenvalue weighted by atomic mass is 32.2. The Bertz CT molecular complexity index is 1240. The molecule has 0 saturated heterocycles. The van der Waals surface area contributed by atoms with Gasteiger partial charge < -0.3 is 15.0 Å². The van der Waals surface area contributed by atoms with Crippen molar-refractivity contribution in [3.05, 3.63) is 59.8 Å². The van der Waals surface area contributed by atoms with Gasteiger partial charge >= 0.3 is 0 Å². The van der Waals surface area contributed by atoms with Crippen LogP contribution in [0.2, 0.25) is 0 Å². The van der Waals surface area contributed by atoms with E-state index in [0.717, 1.165) is 42.1 Å². The maximum Gasteiger partial charge on any atom is 0.251 e. The SMILES string of the molecule is COc1ccc(C(=O)NCCc2c[nH]c3ccccc23)cc1S(=O)(=O)NC1CCCCC1C. The quantitative estimate of drug-likeness (QED) is 0.464. The number of hydrogen-bond donors (Lipinski definition) is 3. The van der Waals surface area contributed by atoms with Gasteiger partial charge in [0.05, 0.1) is 7.11 Å².